The molecule has 6 heteroatoms. The van der Waals surface area contributed by atoms with Crippen LogP contribution in [-0.4, -0.2) is 49.0 Å². The Bertz CT molecular complexity index is 496. The van der Waals surface area contributed by atoms with Crippen LogP contribution in [0, 0.1) is 0 Å². The molecule has 2 unspecified atom stereocenters. The smallest absolute Gasteiger partial charge is 0.341 e. The second-order valence-corrected chi connectivity index (χ2v) is 5.08. The van der Waals surface area contributed by atoms with Crippen molar-refractivity contribution in [1.29, 1.82) is 0 Å². The summed E-state index contributed by atoms with van der Waals surface area (Å²) < 4.78 is 4.62. The molecule has 20 heavy (non-hydrogen) atoms. The molecule has 1 saturated heterocycles. The standard InChI is InChI=1S/C14H20N2O4/c1-14(19,12-8-15-5-6-16-12)9-3-4-11(17)10(7-9)13(18)20-2/h3-4,7,12,15-17,19H,5-6,8H2,1-2H3. The van der Waals surface area contributed by atoms with Crippen LogP contribution in [0.3, 0.4) is 0 Å². The Morgan fingerprint density at radius 1 is 1.45 bits per heavy atom. The van der Waals surface area contributed by atoms with Crippen molar-refractivity contribution in [3.05, 3.63) is 29.3 Å². The Morgan fingerprint density at radius 3 is 2.80 bits per heavy atom. The molecule has 1 aliphatic rings. The summed E-state index contributed by atoms with van der Waals surface area (Å²) in [6.07, 6.45) is 0. The number of phenolic OH excluding ortho intramolecular Hbond substituents is 1. The SMILES string of the molecule is COC(=O)c1cc(C(C)(O)C2CNCCN2)ccc1O. The van der Waals surface area contributed by atoms with Gasteiger partial charge in [-0.2, -0.15) is 0 Å². The Hall–Kier alpha value is -1.63. The van der Waals surface area contributed by atoms with Crippen LogP contribution in [0.4, 0.5) is 0 Å². The number of hydrogen-bond donors (Lipinski definition) is 4. The third kappa shape index (κ3) is 2.77. The van der Waals surface area contributed by atoms with E-state index in [1.165, 1.54) is 19.2 Å². The van der Waals surface area contributed by atoms with Gasteiger partial charge in [0.2, 0.25) is 0 Å². The first-order chi connectivity index (χ1) is 9.46. The molecule has 0 amide bonds. The molecular weight excluding hydrogens is 260 g/mol. The molecule has 1 heterocycles. The summed E-state index contributed by atoms with van der Waals surface area (Å²) in [6, 6.07) is 4.30. The van der Waals surface area contributed by atoms with E-state index in [1.807, 2.05) is 0 Å². The van der Waals surface area contributed by atoms with E-state index in [-0.39, 0.29) is 17.4 Å². The van der Waals surface area contributed by atoms with E-state index in [2.05, 4.69) is 15.4 Å². The van der Waals surface area contributed by atoms with E-state index >= 15 is 0 Å². The average molecular weight is 280 g/mol. The third-order valence-electron chi connectivity index (χ3n) is 3.71. The summed E-state index contributed by atoms with van der Waals surface area (Å²) in [6.45, 7) is 3.94. The number of aliphatic hydroxyl groups is 1. The summed E-state index contributed by atoms with van der Waals surface area (Å²) in [7, 11) is 1.25. The number of nitrogens with one attached hydrogen (secondary N) is 2. The van der Waals surface area contributed by atoms with Crippen LogP contribution in [0.1, 0.15) is 22.8 Å². The Kier molecular flexibility index (Phi) is 4.27. The predicted octanol–water partition coefficient (Wildman–Crippen LogP) is -0.0523. The minimum Gasteiger partial charge on any atom is -0.507 e. The number of piperazine rings is 1. The van der Waals surface area contributed by atoms with Crippen LogP contribution in [0.2, 0.25) is 0 Å². The molecule has 0 aliphatic carbocycles. The van der Waals surface area contributed by atoms with Crippen LogP contribution < -0.4 is 10.6 Å². The molecule has 1 aromatic rings. The first-order valence-electron chi connectivity index (χ1n) is 6.55. The maximum Gasteiger partial charge on any atom is 0.341 e. The number of phenols is 1. The van der Waals surface area contributed by atoms with Gasteiger partial charge < -0.3 is 25.6 Å². The Balaban J connectivity index is 2.33. The number of methoxy groups -OCH3 is 1. The number of carbonyl (C=O) groups is 1. The topological polar surface area (TPSA) is 90.8 Å². The predicted molar refractivity (Wildman–Crippen MR) is 73.7 cm³/mol. The number of carbonyl (C=O) groups excluding carboxylic acids is 1. The number of rotatable bonds is 3. The second kappa shape index (κ2) is 5.78. The fourth-order valence-corrected chi connectivity index (χ4v) is 2.38. The van der Waals surface area contributed by atoms with E-state index in [0.29, 0.717) is 12.1 Å². The molecule has 1 aliphatic heterocycles. The zero-order valence-corrected chi connectivity index (χ0v) is 11.6. The van der Waals surface area contributed by atoms with Crippen LogP contribution >= 0.6 is 0 Å². The molecule has 6 nitrogen and oxygen atoms in total. The highest BCUT2D eigenvalue weighted by Crippen LogP contribution is 2.29. The quantitative estimate of drug-likeness (QED) is 0.580. The molecule has 2 rings (SSSR count). The summed E-state index contributed by atoms with van der Waals surface area (Å²) in [4.78, 5) is 11.6. The van der Waals surface area contributed by atoms with Crippen molar-refractivity contribution < 1.29 is 19.7 Å². The average Bonchev–Trinajstić information content (AvgIpc) is 2.47. The van der Waals surface area contributed by atoms with Crippen molar-refractivity contribution in [1.82, 2.24) is 10.6 Å². The van der Waals surface area contributed by atoms with Gasteiger partial charge in [-0.05, 0) is 24.6 Å². The van der Waals surface area contributed by atoms with Gasteiger partial charge in [-0.1, -0.05) is 6.07 Å². The summed E-state index contributed by atoms with van der Waals surface area (Å²) in [5, 5.41) is 26.9. The fraction of sp³-hybridized carbons (Fsp3) is 0.500. The molecule has 1 fully saturated rings. The van der Waals surface area contributed by atoms with Crippen LogP contribution in [-0.2, 0) is 10.3 Å². The highest BCUT2D eigenvalue weighted by molar-refractivity contribution is 5.92. The van der Waals surface area contributed by atoms with Crippen molar-refractivity contribution in [3.63, 3.8) is 0 Å². The minimum atomic E-state index is -1.16. The third-order valence-corrected chi connectivity index (χ3v) is 3.71. The zero-order chi connectivity index (χ0) is 14.8. The molecule has 0 saturated carbocycles. The molecule has 4 N–H and O–H groups in total. The van der Waals surface area contributed by atoms with Gasteiger partial charge in [-0.25, -0.2) is 4.79 Å². The van der Waals surface area contributed by atoms with Crippen LogP contribution in [0.5, 0.6) is 5.75 Å². The van der Waals surface area contributed by atoms with E-state index in [1.54, 1.807) is 13.0 Å². The second-order valence-electron chi connectivity index (χ2n) is 5.08. The van der Waals surface area contributed by atoms with Crippen LogP contribution in [0.25, 0.3) is 0 Å². The van der Waals surface area contributed by atoms with Crippen molar-refractivity contribution >= 4 is 5.97 Å². The van der Waals surface area contributed by atoms with Crippen molar-refractivity contribution in [3.8, 4) is 5.75 Å². The van der Waals surface area contributed by atoms with Gasteiger partial charge in [0.05, 0.1) is 13.2 Å². The molecule has 0 radical (unpaired) electrons. The first kappa shape index (κ1) is 14.8. The molecular formula is C14H20N2O4. The normalized spacial score (nSPS) is 22.1. The molecule has 0 bridgehead atoms. The van der Waals surface area contributed by atoms with Gasteiger partial charge in [0.1, 0.15) is 16.9 Å². The van der Waals surface area contributed by atoms with Gasteiger partial charge >= 0.3 is 5.97 Å². The van der Waals surface area contributed by atoms with Gasteiger partial charge in [0.15, 0.2) is 0 Å². The van der Waals surface area contributed by atoms with Crippen molar-refractivity contribution in [2.24, 2.45) is 0 Å². The number of esters is 1. The lowest BCUT2D eigenvalue weighted by molar-refractivity contribution is 0.0104. The number of benzene rings is 1. The fourth-order valence-electron chi connectivity index (χ4n) is 2.38. The van der Waals surface area contributed by atoms with Gasteiger partial charge in [0.25, 0.3) is 0 Å². The van der Waals surface area contributed by atoms with E-state index < -0.39 is 11.6 Å². The molecule has 2 atom stereocenters. The van der Waals surface area contributed by atoms with Crippen molar-refractivity contribution in [2.75, 3.05) is 26.7 Å². The molecule has 110 valence electrons. The Morgan fingerprint density at radius 2 is 2.20 bits per heavy atom. The molecule has 0 spiro atoms. The van der Waals surface area contributed by atoms with Gasteiger partial charge in [0, 0.05) is 19.6 Å². The number of ether oxygens (including phenoxy) is 1. The summed E-state index contributed by atoms with van der Waals surface area (Å²) in [5.41, 5.74) is -0.560. The summed E-state index contributed by atoms with van der Waals surface area (Å²) in [5.74, 6) is -0.791. The lowest BCUT2D eigenvalue weighted by atomic mass is 9.86. The minimum absolute atomic E-state index is 0.0500. The maximum absolute atomic E-state index is 11.6. The summed E-state index contributed by atoms with van der Waals surface area (Å²) >= 11 is 0. The van der Waals surface area contributed by atoms with E-state index in [9.17, 15) is 15.0 Å². The van der Waals surface area contributed by atoms with E-state index in [4.69, 9.17) is 0 Å². The number of aromatic hydroxyl groups is 1. The monoisotopic (exact) mass is 280 g/mol. The number of hydrogen-bond acceptors (Lipinski definition) is 6. The molecule has 1 aromatic carbocycles. The highest BCUT2D eigenvalue weighted by atomic mass is 16.5. The molecule has 0 aromatic heterocycles. The van der Waals surface area contributed by atoms with Gasteiger partial charge in [-0.15, -0.1) is 0 Å². The first-order valence-corrected chi connectivity index (χ1v) is 6.55. The lowest BCUT2D eigenvalue weighted by Gasteiger charge is -2.37. The maximum atomic E-state index is 11.6. The lowest BCUT2D eigenvalue weighted by Crippen LogP contribution is -2.57. The highest BCUT2D eigenvalue weighted by Gasteiger charge is 2.35. The van der Waals surface area contributed by atoms with Crippen molar-refractivity contribution in [2.45, 2.75) is 18.6 Å². The van der Waals surface area contributed by atoms with E-state index in [0.717, 1.165) is 13.1 Å². The Labute approximate surface area is 117 Å². The largest absolute Gasteiger partial charge is 0.507 e. The van der Waals surface area contributed by atoms with Crippen LogP contribution in [0.15, 0.2) is 18.2 Å². The zero-order valence-electron chi connectivity index (χ0n) is 11.6. The van der Waals surface area contributed by atoms with Gasteiger partial charge in [-0.3, -0.25) is 0 Å².